The lowest BCUT2D eigenvalue weighted by atomic mass is 10.0. The minimum absolute atomic E-state index is 0.209. The number of rotatable bonds is 3. The predicted octanol–water partition coefficient (Wildman–Crippen LogP) is 2.02. The maximum atomic E-state index is 12.2. The van der Waals surface area contributed by atoms with E-state index in [1.54, 1.807) is 13.8 Å². The van der Waals surface area contributed by atoms with Gasteiger partial charge < -0.3 is 11.1 Å². The molecule has 0 bridgehead atoms. The molecule has 0 spiro atoms. The second-order valence-electron chi connectivity index (χ2n) is 4.07. The van der Waals surface area contributed by atoms with Crippen molar-refractivity contribution in [3.63, 3.8) is 0 Å². The molecule has 4 nitrogen and oxygen atoms in total. The fourth-order valence-corrected chi connectivity index (χ4v) is 1.13. The van der Waals surface area contributed by atoms with Crippen molar-refractivity contribution in [3.8, 4) is 0 Å². The SMILES string of the molecule is CC(N)C(C)C(=O)Nc1ccc(C(F)(F)F)nc1. The molecular weight excluding hydrogens is 247 g/mol. The van der Waals surface area contributed by atoms with Gasteiger partial charge in [-0.15, -0.1) is 0 Å². The van der Waals surface area contributed by atoms with Gasteiger partial charge in [0.25, 0.3) is 0 Å². The third kappa shape index (κ3) is 3.69. The van der Waals surface area contributed by atoms with Crippen molar-refractivity contribution >= 4 is 11.6 Å². The molecule has 100 valence electrons. The van der Waals surface area contributed by atoms with Crippen LogP contribution in [0.25, 0.3) is 0 Å². The van der Waals surface area contributed by atoms with Gasteiger partial charge in [-0.1, -0.05) is 6.92 Å². The topological polar surface area (TPSA) is 68.0 Å². The van der Waals surface area contributed by atoms with E-state index in [1.165, 1.54) is 0 Å². The summed E-state index contributed by atoms with van der Waals surface area (Å²) in [6.07, 6.45) is -3.52. The van der Waals surface area contributed by atoms with Gasteiger partial charge in [-0.3, -0.25) is 4.79 Å². The molecule has 0 saturated heterocycles. The third-order valence-electron chi connectivity index (χ3n) is 2.52. The summed E-state index contributed by atoms with van der Waals surface area (Å²) in [7, 11) is 0. The van der Waals surface area contributed by atoms with Crippen LogP contribution in [0.2, 0.25) is 0 Å². The Labute approximate surface area is 102 Å². The monoisotopic (exact) mass is 261 g/mol. The van der Waals surface area contributed by atoms with Gasteiger partial charge in [0.2, 0.25) is 5.91 Å². The number of alkyl halides is 3. The molecule has 1 amide bonds. The normalized spacial score (nSPS) is 15.0. The molecule has 0 aliphatic rings. The Hall–Kier alpha value is -1.63. The zero-order valence-electron chi connectivity index (χ0n) is 9.95. The number of carbonyl (C=O) groups is 1. The average Bonchev–Trinajstić information content (AvgIpc) is 2.27. The van der Waals surface area contributed by atoms with Crippen LogP contribution in [0.3, 0.4) is 0 Å². The molecule has 2 atom stereocenters. The molecule has 1 rings (SSSR count). The predicted molar refractivity (Wildman–Crippen MR) is 60.7 cm³/mol. The lowest BCUT2D eigenvalue weighted by Crippen LogP contribution is -2.34. The number of pyridine rings is 1. The molecule has 0 aliphatic heterocycles. The third-order valence-corrected chi connectivity index (χ3v) is 2.52. The van der Waals surface area contributed by atoms with E-state index in [9.17, 15) is 18.0 Å². The first-order chi connectivity index (χ1) is 8.21. The maximum Gasteiger partial charge on any atom is 0.433 e. The molecule has 0 radical (unpaired) electrons. The summed E-state index contributed by atoms with van der Waals surface area (Å²) in [5.41, 5.74) is 4.76. The number of nitrogens with one attached hydrogen (secondary N) is 1. The molecule has 0 aliphatic carbocycles. The molecule has 1 aromatic heterocycles. The van der Waals surface area contributed by atoms with Crippen molar-refractivity contribution in [2.75, 3.05) is 5.32 Å². The fourth-order valence-electron chi connectivity index (χ4n) is 1.13. The van der Waals surface area contributed by atoms with E-state index in [-0.39, 0.29) is 17.6 Å². The Morgan fingerprint density at radius 2 is 2.00 bits per heavy atom. The van der Waals surface area contributed by atoms with Crippen LogP contribution in [0, 0.1) is 5.92 Å². The number of nitrogens with zero attached hydrogens (tertiary/aromatic N) is 1. The van der Waals surface area contributed by atoms with Gasteiger partial charge in [0, 0.05) is 6.04 Å². The number of carbonyl (C=O) groups excluding carboxylic acids is 1. The molecular formula is C11H14F3N3O. The highest BCUT2D eigenvalue weighted by molar-refractivity contribution is 5.92. The van der Waals surface area contributed by atoms with Crippen LogP contribution in [0.4, 0.5) is 18.9 Å². The van der Waals surface area contributed by atoms with Gasteiger partial charge in [-0.05, 0) is 19.1 Å². The molecule has 18 heavy (non-hydrogen) atoms. The van der Waals surface area contributed by atoms with Crippen molar-refractivity contribution in [1.29, 1.82) is 0 Å². The van der Waals surface area contributed by atoms with Gasteiger partial charge in [0.05, 0.1) is 17.8 Å². The van der Waals surface area contributed by atoms with E-state index in [0.717, 1.165) is 18.3 Å². The molecule has 7 heteroatoms. The van der Waals surface area contributed by atoms with Crippen LogP contribution >= 0.6 is 0 Å². The van der Waals surface area contributed by atoms with Crippen molar-refractivity contribution in [2.45, 2.75) is 26.1 Å². The first kappa shape index (κ1) is 14.4. The van der Waals surface area contributed by atoms with Gasteiger partial charge in [-0.2, -0.15) is 13.2 Å². The summed E-state index contributed by atoms with van der Waals surface area (Å²) in [6, 6.07) is 1.63. The Kier molecular flexibility index (Phi) is 4.28. The standard InChI is InChI=1S/C11H14F3N3O/c1-6(7(2)15)10(18)17-8-3-4-9(16-5-8)11(12,13)14/h3-7H,15H2,1-2H3,(H,17,18). The van der Waals surface area contributed by atoms with Crippen LogP contribution in [0.5, 0.6) is 0 Å². The second-order valence-corrected chi connectivity index (χ2v) is 4.07. The van der Waals surface area contributed by atoms with Crippen LogP contribution in [0.15, 0.2) is 18.3 Å². The second kappa shape index (κ2) is 5.34. The lowest BCUT2D eigenvalue weighted by Gasteiger charge is -2.15. The summed E-state index contributed by atoms with van der Waals surface area (Å²) in [4.78, 5) is 14.8. The zero-order valence-corrected chi connectivity index (χ0v) is 9.95. The Morgan fingerprint density at radius 3 is 2.39 bits per heavy atom. The molecule has 3 N–H and O–H groups in total. The number of anilines is 1. The highest BCUT2D eigenvalue weighted by Gasteiger charge is 2.32. The number of halogens is 3. The van der Waals surface area contributed by atoms with Crippen molar-refractivity contribution in [3.05, 3.63) is 24.0 Å². The summed E-state index contributed by atoms with van der Waals surface area (Å²) >= 11 is 0. The van der Waals surface area contributed by atoms with Gasteiger partial charge in [0.1, 0.15) is 5.69 Å². The first-order valence-corrected chi connectivity index (χ1v) is 5.31. The van der Waals surface area contributed by atoms with E-state index < -0.39 is 17.8 Å². The number of nitrogens with two attached hydrogens (primary N) is 1. The minimum atomic E-state index is -4.48. The number of aromatic nitrogens is 1. The van der Waals surface area contributed by atoms with E-state index in [4.69, 9.17) is 5.73 Å². The van der Waals surface area contributed by atoms with E-state index in [0.29, 0.717) is 0 Å². The van der Waals surface area contributed by atoms with Crippen LogP contribution < -0.4 is 11.1 Å². The van der Waals surface area contributed by atoms with Crippen molar-refractivity contribution in [2.24, 2.45) is 11.7 Å². The van der Waals surface area contributed by atoms with Gasteiger partial charge in [-0.25, -0.2) is 4.98 Å². The van der Waals surface area contributed by atoms with Crippen LogP contribution in [-0.2, 0) is 11.0 Å². The van der Waals surface area contributed by atoms with E-state index in [2.05, 4.69) is 10.3 Å². The Bertz CT molecular complexity index is 415. The van der Waals surface area contributed by atoms with Crippen LogP contribution in [-0.4, -0.2) is 16.9 Å². The minimum Gasteiger partial charge on any atom is -0.327 e. The molecule has 0 fully saturated rings. The molecule has 2 unspecified atom stereocenters. The summed E-state index contributed by atoms with van der Waals surface area (Å²) in [5.74, 6) is -0.793. The number of amides is 1. The highest BCUT2D eigenvalue weighted by Crippen LogP contribution is 2.27. The van der Waals surface area contributed by atoms with Crippen molar-refractivity contribution in [1.82, 2.24) is 4.98 Å². The van der Waals surface area contributed by atoms with Gasteiger partial charge >= 0.3 is 6.18 Å². The fraction of sp³-hybridized carbons (Fsp3) is 0.455. The summed E-state index contributed by atoms with van der Waals surface area (Å²) in [5, 5.41) is 2.45. The zero-order chi connectivity index (χ0) is 13.9. The molecule has 0 saturated carbocycles. The smallest absolute Gasteiger partial charge is 0.327 e. The Morgan fingerprint density at radius 1 is 1.39 bits per heavy atom. The van der Waals surface area contributed by atoms with Crippen molar-refractivity contribution < 1.29 is 18.0 Å². The molecule has 1 aromatic rings. The lowest BCUT2D eigenvalue weighted by molar-refractivity contribution is -0.141. The van der Waals surface area contributed by atoms with E-state index >= 15 is 0 Å². The van der Waals surface area contributed by atoms with Gasteiger partial charge in [0.15, 0.2) is 0 Å². The summed E-state index contributed by atoms with van der Waals surface area (Å²) in [6.45, 7) is 3.31. The molecule has 1 heterocycles. The van der Waals surface area contributed by atoms with E-state index in [1.807, 2.05) is 0 Å². The number of hydrogen-bond donors (Lipinski definition) is 2. The average molecular weight is 261 g/mol. The van der Waals surface area contributed by atoms with Crippen LogP contribution in [0.1, 0.15) is 19.5 Å². The highest BCUT2D eigenvalue weighted by atomic mass is 19.4. The maximum absolute atomic E-state index is 12.2. The summed E-state index contributed by atoms with van der Waals surface area (Å²) < 4.78 is 36.7. The molecule has 0 aromatic carbocycles. The number of hydrogen-bond acceptors (Lipinski definition) is 3. The largest absolute Gasteiger partial charge is 0.433 e. The quantitative estimate of drug-likeness (QED) is 0.874. The Balaban J connectivity index is 2.73. The first-order valence-electron chi connectivity index (χ1n) is 5.31.